The molecule has 1 fully saturated rings. The van der Waals surface area contributed by atoms with Crippen molar-refractivity contribution in [1.82, 2.24) is 5.32 Å². The molecular weight excluding hydrogens is 216 g/mol. The van der Waals surface area contributed by atoms with Crippen LogP contribution in [-0.4, -0.2) is 18.3 Å². The summed E-state index contributed by atoms with van der Waals surface area (Å²) < 4.78 is 0. The van der Waals surface area contributed by atoms with Gasteiger partial charge in [0.2, 0.25) is 0 Å². The van der Waals surface area contributed by atoms with Gasteiger partial charge in [-0.2, -0.15) is 0 Å². The Hall–Kier alpha value is -1.09. The maximum Gasteiger partial charge on any atom is 0.0766 e. The topological polar surface area (TPSA) is 24.4 Å². The second kappa shape index (κ2) is 5.30. The number of nitrogens with zero attached hydrogens (tertiary/aromatic N) is 1. The van der Waals surface area contributed by atoms with Crippen molar-refractivity contribution < 1.29 is 0 Å². The Balaban J connectivity index is 2.25. The van der Waals surface area contributed by atoms with Gasteiger partial charge in [0.1, 0.15) is 0 Å². The number of hydrogen-bond donors (Lipinski definition) is 1. The van der Waals surface area contributed by atoms with E-state index in [0.717, 1.165) is 18.7 Å². The van der Waals surface area contributed by atoms with Crippen molar-refractivity contribution in [3.63, 3.8) is 0 Å². The minimum Gasteiger partial charge on any atom is -0.388 e. The summed E-state index contributed by atoms with van der Waals surface area (Å²) in [6, 6.07) is 4.56. The van der Waals surface area contributed by atoms with Crippen molar-refractivity contribution in [3.8, 4) is 0 Å². The van der Waals surface area contributed by atoms with Crippen LogP contribution in [-0.2, 0) is 0 Å². The Morgan fingerprint density at radius 3 is 3.00 bits per heavy atom. The first-order valence-corrected chi connectivity index (χ1v) is 6.70. The molecule has 2 nitrogen and oxygen atoms in total. The highest BCUT2D eigenvalue weighted by Crippen LogP contribution is 2.16. The summed E-state index contributed by atoms with van der Waals surface area (Å²) in [6.07, 6.45) is 4.60. The van der Waals surface area contributed by atoms with E-state index in [4.69, 9.17) is 4.99 Å². The van der Waals surface area contributed by atoms with E-state index in [1.54, 1.807) is 11.3 Å². The van der Waals surface area contributed by atoms with Crippen LogP contribution < -0.4 is 5.32 Å². The second-order valence-corrected chi connectivity index (χ2v) is 5.23. The van der Waals surface area contributed by atoms with E-state index in [1.807, 2.05) is 0 Å². The first-order valence-electron chi connectivity index (χ1n) is 5.82. The number of hydrogen-bond acceptors (Lipinski definition) is 3. The SMILES string of the molecule is CC(C)N=C(/C=C1/CCCN1)c1cccs1. The number of nitrogens with one attached hydrogen (secondary N) is 1. The zero-order valence-electron chi connectivity index (χ0n) is 9.86. The number of thiophene rings is 1. The van der Waals surface area contributed by atoms with Crippen LogP contribution in [0.1, 0.15) is 31.6 Å². The van der Waals surface area contributed by atoms with Crippen molar-refractivity contribution in [3.05, 3.63) is 34.2 Å². The summed E-state index contributed by atoms with van der Waals surface area (Å²) >= 11 is 1.75. The number of rotatable bonds is 3. The average molecular weight is 234 g/mol. The van der Waals surface area contributed by atoms with E-state index in [9.17, 15) is 0 Å². The van der Waals surface area contributed by atoms with Crippen LogP contribution in [0.2, 0.25) is 0 Å². The Morgan fingerprint density at radius 2 is 2.44 bits per heavy atom. The highest BCUT2D eigenvalue weighted by atomic mass is 32.1. The molecule has 86 valence electrons. The van der Waals surface area contributed by atoms with Crippen molar-refractivity contribution in [2.24, 2.45) is 4.99 Å². The largest absolute Gasteiger partial charge is 0.388 e. The molecule has 1 aromatic rings. The molecule has 0 amide bonds. The van der Waals surface area contributed by atoms with Gasteiger partial charge in [-0.1, -0.05) is 6.07 Å². The van der Waals surface area contributed by atoms with E-state index in [2.05, 4.69) is 42.8 Å². The third-order valence-corrected chi connectivity index (χ3v) is 3.35. The standard InChI is InChI=1S/C13H18N2S/c1-10(2)15-12(13-6-4-8-16-13)9-11-5-3-7-14-11/h4,6,8-10,14H,3,5,7H2,1-2H3/b11-9-,15-12?. The van der Waals surface area contributed by atoms with Crippen molar-refractivity contribution >= 4 is 17.0 Å². The average Bonchev–Trinajstić information content (AvgIpc) is 2.88. The van der Waals surface area contributed by atoms with Gasteiger partial charge in [0.25, 0.3) is 0 Å². The summed E-state index contributed by atoms with van der Waals surface area (Å²) in [7, 11) is 0. The minimum absolute atomic E-state index is 0.343. The van der Waals surface area contributed by atoms with Crippen molar-refractivity contribution in [2.75, 3.05) is 6.54 Å². The summed E-state index contributed by atoms with van der Waals surface area (Å²) in [4.78, 5) is 5.95. The molecule has 0 aromatic carbocycles. The summed E-state index contributed by atoms with van der Waals surface area (Å²) in [5.74, 6) is 0. The number of allylic oxidation sites excluding steroid dienone is 2. The molecule has 1 aromatic heterocycles. The molecule has 0 aliphatic carbocycles. The molecule has 1 saturated heterocycles. The number of aliphatic imine (C=N–C) groups is 1. The highest BCUT2D eigenvalue weighted by Gasteiger charge is 2.09. The zero-order chi connectivity index (χ0) is 11.4. The van der Waals surface area contributed by atoms with Crippen LogP contribution in [0.5, 0.6) is 0 Å². The van der Waals surface area contributed by atoms with Gasteiger partial charge in [0.15, 0.2) is 0 Å². The van der Waals surface area contributed by atoms with Gasteiger partial charge in [-0.25, -0.2) is 0 Å². The zero-order valence-corrected chi connectivity index (χ0v) is 10.7. The minimum atomic E-state index is 0.343. The van der Waals surface area contributed by atoms with E-state index in [1.165, 1.54) is 17.0 Å². The van der Waals surface area contributed by atoms with Crippen LogP contribution in [0.4, 0.5) is 0 Å². The molecule has 0 spiro atoms. The molecule has 0 atom stereocenters. The first-order chi connectivity index (χ1) is 7.75. The van der Waals surface area contributed by atoms with Gasteiger partial charge >= 0.3 is 0 Å². The molecule has 16 heavy (non-hydrogen) atoms. The lowest BCUT2D eigenvalue weighted by molar-refractivity contribution is 0.837. The summed E-state index contributed by atoms with van der Waals surface area (Å²) in [5, 5.41) is 5.51. The van der Waals surface area contributed by atoms with Crippen LogP contribution in [0, 0.1) is 0 Å². The fourth-order valence-electron chi connectivity index (χ4n) is 1.78. The van der Waals surface area contributed by atoms with Gasteiger partial charge in [-0.15, -0.1) is 11.3 Å². The highest BCUT2D eigenvalue weighted by molar-refractivity contribution is 7.12. The van der Waals surface area contributed by atoms with E-state index < -0.39 is 0 Å². The van der Waals surface area contributed by atoms with Crippen LogP contribution in [0.25, 0.3) is 0 Å². The lowest BCUT2D eigenvalue weighted by atomic mass is 10.2. The molecule has 2 heterocycles. The molecule has 0 bridgehead atoms. The molecule has 0 unspecified atom stereocenters. The fourth-order valence-corrected chi connectivity index (χ4v) is 2.47. The summed E-state index contributed by atoms with van der Waals surface area (Å²) in [6.45, 7) is 5.34. The molecule has 0 radical (unpaired) electrons. The van der Waals surface area contributed by atoms with Gasteiger partial charge in [-0.3, -0.25) is 4.99 Å². The predicted octanol–water partition coefficient (Wildman–Crippen LogP) is 3.21. The van der Waals surface area contributed by atoms with Gasteiger partial charge in [0.05, 0.1) is 10.6 Å². The Kier molecular flexibility index (Phi) is 3.78. The fraction of sp³-hybridized carbons (Fsp3) is 0.462. The third-order valence-electron chi connectivity index (χ3n) is 2.46. The smallest absolute Gasteiger partial charge is 0.0766 e. The lowest BCUT2D eigenvalue weighted by Crippen LogP contribution is -2.07. The quantitative estimate of drug-likeness (QED) is 0.798. The Morgan fingerprint density at radius 1 is 1.56 bits per heavy atom. The van der Waals surface area contributed by atoms with Gasteiger partial charge < -0.3 is 5.32 Å². The third kappa shape index (κ3) is 2.95. The molecule has 2 rings (SSSR count). The maximum absolute atomic E-state index is 4.69. The van der Waals surface area contributed by atoms with Crippen LogP contribution in [0.3, 0.4) is 0 Å². The van der Waals surface area contributed by atoms with E-state index in [-0.39, 0.29) is 0 Å². The van der Waals surface area contributed by atoms with Gasteiger partial charge in [0, 0.05) is 18.3 Å². The van der Waals surface area contributed by atoms with Gasteiger partial charge in [-0.05, 0) is 44.2 Å². The summed E-state index contributed by atoms with van der Waals surface area (Å²) in [5.41, 5.74) is 2.45. The van der Waals surface area contributed by atoms with Crippen LogP contribution in [0.15, 0.2) is 34.3 Å². The van der Waals surface area contributed by atoms with E-state index >= 15 is 0 Å². The molecule has 1 aliphatic rings. The molecule has 1 N–H and O–H groups in total. The van der Waals surface area contributed by atoms with Crippen molar-refractivity contribution in [1.29, 1.82) is 0 Å². The molecule has 0 saturated carbocycles. The Labute approximate surface area is 101 Å². The predicted molar refractivity (Wildman–Crippen MR) is 71.3 cm³/mol. The second-order valence-electron chi connectivity index (χ2n) is 4.29. The Bertz CT molecular complexity index is 380. The maximum atomic E-state index is 4.69. The normalized spacial score (nSPS) is 19.4. The first kappa shape index (κ1) is 11.4. The molecular formula is C13H18N2S. The lowest BCUT2D eigenvalue weighted by Gasteiger charge is -2.04. The molecule has 1 aliphatic heterocycles. The monoisotopic (exact) mass is 234 g/mol. The van der Waals surface area contributed by atoms with Crippen LogP contribution >= 0.6 is 11.3 Å². The van der Waals surface area contributed by atoms with Crippen molar-refractivity contribution in [2.45, 2.75) is 32.7 Å². The van der Waals surface area contributed by atoms with E-state index in [0.29, 0.717) is 6.04 Å². The molecule has 3 heteroatoms.